The highest BCUT2D eigenvalue weighted by Gasteiger charge is 2.44. The molecule has 0 radical (unpaired) electrons. The Bertz CT molecular complexity index is 1250. The lowest BCUT2D eigenvalue weighted by Gasteiger charge is -2.29. The summed E-state index contributed by atoms with van der Waals surface area (Å²) in [7, 11) is 0. The number of aromatic nitrogens is 4. The minimum atomic E-state index is -5.35. The number of amides is 2. The summed E-state index contributed by atoms with van der Waals surface area (Å²) in [5.74, 6) is -3.05. The largest absolute Gasteiger partial charge is 0.493 e. The third-order valence-electron chi connectivity index (χ3n) is 5.59. The fourth-order valence-electron chi connectivity index (χ4n) is 3.74. The Labute approximate surface area is 201 Å². The van der Waals surface area contributed by atoms with Gasteiger partial charge >= 0.3 is 18.2 Å². The number of benzene rings is 1. The van der Waals surface area contributed by atoms with Gasteiger partial charge in [0.05, 0.1) is 36.1 Å². The number of nitrogens with zero attached hydrogens (tertiary/aromatic N) is 5. The number of rotatable bonds is 5. The van der Waals surface area contributed by atoms with E-state index in [2.05, 4.69) is 25.0 Å². The summed E-state index contributed by atoms with van der Waals surface area (Å²) in [6, 6.07) is 1.76. The molecule has 0 saturated carbocycles. The number of carbonyl (C=O) groups is 2. The molecule has 0 bridgehead atoms. The van der Waals surface area contributed by atoms with Crippen LogP contribution in [0, 0.1) is 5.82 Å². The van der Waals surface area contributed by atoms with Crippen LogP contribution in [0.1, 0.15) is 13.8 Å². The number of halogens is 4. The standard InChI is InChI=1S/C21H23F4N7O4/c1-3-30(4-2)20(34)32(36-19(33)21(23,24)25)16-11-26-29-17(16)18-27-13-9-12(22)15(10-14(13)28-18)31-5-7-35-8-6-31/h9-11H,3-8H2,1-2H3,(H,26,29)(H,27,28). The van der Waals surface area contributed by atoms with Crippen LogP contribution < -0.4 is 9.96 Å². The van der Waals surface area contributed by atoms with Crippen molar-refractivity contribution in [3.63, 3.8) is 0 Å². The Morgan fingerprint density at radius 2 is 1.89 bits per heavy atom. The predicted octanol–water partition coefficient (Wildman–Crippen LogP) is 3.22. The molecule has 1 aromatic carbocycles. The van der Waals surface area contributed by atoms with Gasteiger partial charge in [0.15, 0.2) is 5.82 Å². The molecule has 0 atom stereocenters. The van der Waals surface area contributed by atoms with Crippen LogP contribution in [0.25, 0.3) is 22.6 Å². The van der Waals surface area contributed by atoms with Crippen LogP contribution in [0.3, 0.4) is 0 Å². The molecule has 11 nitrogen and oxygen atoms in total. The van der Waals surface area contributed by atoms with Gasteiger partial charge in [-0.05, 0) is 19.9 Å². The molecule has 3 heterocycles. The molecule has 194 valence electrons. The number of ether oxygens (including phenoxy) is 1. The quantitative estimate of drug-likeness (QED) is 0.397. The second-order valence-corrected chi connectivity index (χ2v) is 7.76. The van der Waals surface area contributed by atoms with Crippen molar-refractivity contribution in [1.29, 1.82) is 0 Å². The van der Waals surface area contributed by atoms with Crippen molar-refractivity contribution >= 4 is 34.4 Å². The summed E-state index contributed by atoms with van der Waals surface area (Å²) in [4.78, 5) is 39.3. The van der Waals surface area contributed by atoms with Crippen LogP contribution in [0.5, 0.6) is 0 Å². The Hall–Kier alpha value is -3.88. The monoisotopic (exact) mass is 513 g/mol. The third-order valence-corrected chi connectivity index (χ3v) is 5.59. The van der Waals surface area contributed by atoms with Gasteiger partial charge in [0.1, 0.15) is 17.2 Å². The summed E-state index contributed by atoms with van der Waals surface area (Å²) < 4.78 is 59.0. The van der Waals surface area contributed by atoms with E-state index in [4.69, 9.17) is 4.74 Å². The maximum Gasteiger partial charge on any atom is 0.493 e. The van der Waals surface area contributed by atoms with Crippen LogP contribution in [0.15, 0.2) is 18.3 Å². The Kier molecular flexibility index (Phi) is 7.01. The van der Waals surface area contributed by atoms with Crippen molar-refractivity contribution in [2.24, 2.45) is 0 Å². The molecule has 2 N–H and O–H groups in total. The van der Waals surface area contributed by atoms with E-state index in [9.17, 15) is 27.2 Å². The highest BCUT2D eigenvalue weighted by Crippen LogP contribution is 2.32. The number of nitrogens with one attached hydrogen (secondary N) is 2. The van der Waals surface area contributed by atoms with Crippen molar-refractivity contribution in [3.8, 4) is 11.5 Å². The number of aromatic amines is 2. The summed E-state index contributed by atoms with van der Waals surface area (Å²) in [5, 5.41) is 6.56. The van der Waals surface area contributed by atoms with Crippen molar-refractivity contribution in [3.05, 3.63) is 24.1 Å². The van der Waals surface area contributed by atoms with E-state index in [1.807, 2.05) is 4.90 Å². The summed E-state index contributed by atoms with van der Waals surface area (Å²) in [5.41, 5.74) is 0.648. The van der Waals surface area contributed by atoms with Crippen LogP contribution in [-0.4, -0.2) is 82.6 Å². The second kappa shape index (κ2) is 10.0. The number of hydrogen-bond acceptors (Lipinski definition) is 7. The molecule has 15 heteroatoms. The lowest BCUT2D eigenvalue weighted by atomic mass is 10.2. The maximum absolute atomic E-state index is 14.8. The molecule has 2 aromatic heterocycles. The van der Waals surface area contributed by atoms with Crippen molar-refractivity contribution in [2.45, 2.75) is 20.0 Å². The van der Waals surface area contributed by atoms with Crippen LogP contribution >= 0.6 is 0 Å². The number of morpholine rings is 1. The number of alkyl halides is 3. The van der Waals surface area contributed by atoms with E-state index in [-0.39, 0.29) is 35.4 Å². The number of hydroxylamine groups is 1. The summed E-state index contributed by atoms with van der Waals surface area (Å²) in [6.45, 7) is 5.40. The van der Waals surface area contributed by atoms with Crippen molar-refractivity contribution in [1.82, 2.24) is 25.1 Å². The van der Waals surface area contributed by atoms with E-state index in [0.717, 1.165) is 11.1 Å². The molecule has 1 aliphatic heterocycles. The average Bonchev–Trinajstić information content (AvgIpc) is 3.49. The zero-order chi connectivity index (χ0) is 26.0. The zero-order valence-electron chi connectivity index (χ0n) is 19.4. The third kappa shape index (κ3) is 4.91. The smallest absolute Gasteiger partial charge is 0.378 e. The molecule has 4 rings (SSSR count). The molecule has 0 spiro atoms. The van der Waals surface area contributed by atoms with Crippen LogP contribution in [0.2, 0.25) is 0 Å². The molecule has 1 fully saturated rings. The summed E-state index contributed by atoms with van der Waals surface area (Å²) in [6.07, 6.45) is -4.33. The summed E-state index contributed by atoms with van der Waals surface area (Å²) >= 11 is 0. The molecule has 36 heavy (non-hydrogen) atoms. The fraction of sp³-hybridized carbons (Fsp3) is 0.429. The minimum absolute atomic E-state index is 0.0384. The normalized spacial score (nSPS) is 14.2. The first-order chi connectivity index (χ1) is 17.1. The first kappa shape index (κ1) is 25.2. The van der Waals surface area contributed by atoms with Gasteiger partial charge in [0, 0.05) is 32.2 Å². The molecule has 0 unspecified atom stereocenters. The molecular formula is C21H23F4N7O4. The van der Waals surface area contributed by atoms with E-state index >= 15 is 0 Å². The first-order valence-corrected chi connectivity index (χ1v) is 11.1. The molecule has 2 amide bonds. The number of anilines is 2. The number of hydrogen-bond donors (Lipinski definition) is 2. The highest BCUT2D eigenvalue weighted by atomic mass is 19.4. The molecule has 1 aliphatic rings. The topological polar surface area (TPSA) is 120 Å². The second-order valence-electron chi connectivity index (χ2n) is 7.76. The maximum atomic E-state index is 14.8. The van der Waals surface area contributed by atoms with Gasteiger partial charge < -0.3 is 24.4 Å². The number of H-pyrrole nitrogens is 2. The minimum Gasteiger partial charge on any atom is -0.378 e. The SMILES string of the molecule is CCN(CC)C(=O)N(OC(=O)C(F)(F)F)c1cn[nH]c1-c1nc2cc(N3CCOCC3)c(F)cc2[nH]1. The van der Waals surface area contributed by atoms with Crippen molar-refractivity contribution in [2.75, 3.05) is 49.4 Å². The van der Waals surface area contributed by atoms with Gasteiger partial charge in [-0.2, -0.15) is 18.3 Å². The number of urea groups is 1. The Balaban J connectivity index is 1.74. The predicted molar refractivity (Wildman–Crippen MR) is 120 cm³/mol. The van der Waals surface area contributed by atoms with E-state index in [0.29, 0.717) is 43.0 Å². The molecular weight excluding hydrogens is 490 g/mol. The van der Waals surface area contributed by atoms with Gasteiger partial charge in [0.2, 0.25) is 0 Å². The van der Waals surface area contributed by atoms with Gasteiger partial charge in [-0.15, -0.1) is 5.06 Å². The highest BCUT2D eigenvalue weighted by molar-refractivity contribution is 5.96. The van der Waals surface area contributed by atoms with Crippen molar-refractivity contribution < 1.29 is 36.7 Å². The Morgan fingerprint density at radius 3 is 2.53 bits per heavy atom. The van der Waals surface area contributed by atoms with Gasteiger partial charge in [-0.25, -0.2) is 19.0 Å². The van der Waals surface area contributed by atoms with Gasteiger partial charge in [0.25, 0.3) is 0 Å². The van der Waals surface area contributed by atoms with E-state index in [1.54, 1.807) is 13.8 Å². The van der Waals surface area contributed by atoms with Crippen LogP contribution in [-0.2, 0) is 14.4 Å². The number of fused-ring (bicyclic) bond motifs is 1. The van der Waals surface area contributed by atoms with Crippen LogP contribution in [0.4, 0.5) is 33.7 Å². The zero-order valence-corrected chi connectivity index (χ0v) is 19.4. The lowest BCUT2D eigenvalue weighted by Crippen LogP contribution is -2.46. The molecule has 1 saturated heterocycles. The van der Waals surface area contributed by atoms with Gasteiger partial charge in [-0.3, -0.25) is 5.10 Å². The fourth-order valence-corrected chi connectivity index (χ4v) is 3.74. The van der Waals surface area contributed by atoms with Gasteiger partial charge in [-0.1, -0.05) is 0 Å². The number of imidazole rings is 1. The lowest BCUT2D eigenvalue weighted by molar-refractivity contribution is -0.200. The van der Waals surface area contributed by atoms with E-state index < -0.39 is 24.0 Å². The molecule has 3 aromatic rings. The first-order valence-electron chi connectivity index (χ1n) is 11.1. The van der Waals surface area contributed by atoms with E-state index in [1.165, 1.54) is 12.1 Å². The molecule has 0 aliphatic carbocycles. The number of carbonyl (C=O) groups excluding carboxylic acids is 2. The average molecular weight is 513 g/mol. The Morgan fingerprint density at radius 1 is 1.19 bits per heavy atom.